The summed E-state index contributed by atoms with van der Waals surface area (Å²) in [7, 11) is 0. The summed E-state index contributed by atoms with van der Waals surface area (Å²) in [5.41, 5.74) is 15.1. The van der Waals surface area contributed by atoms with Gasteiger partial charge in [-0.05, 0) is 79.6 Å². The van der Waals surface area contributed by atoms with Gasteiger partial charge in [-0.3, -0.25) is 19.7 Å². The number of aromatic nitrogens is 1. The van der Waals surface area contributed by atoms with E-state index in [9.17, 15) is 4.79 Å². The van der Waals surface area contributed by atoms with E-state index in [0.717, 1.165) is 83.4 Å². The van der Waals surface area contributed by atoms with Crippen molar-refractivity contribution in [3.05, 3.63) is 77.5 Å². The number of carbonyl (C=O) groups is 1. The smallest absolute Gasteiger partial charge is 0.215 e. The third kappa shape index (κ3) is 7.12. The lowest BCUT2D eigenvalue weighted by Crippen LogP contribution is -2.32. The fourth-order valence-corrected chi connectivity index (χ4v) is 5.32. The SMILES string of the molecule is CCCCC(=NC1(C)CCCC1)N(C=O)Cc1ccc(-c2cc(-c3cc(C)ccn3)ccc2/C(N)=N/NN)cc1. The molecule has 5 N–H and O–H groups in total. The lowest BCUT2D eigenvalue weighted by Gasteiger charge is -2.26. The Bertz CT molecular complexity index is 1360. The van der Waals surface area contributed by atoms with E-state index in [4.69, 9.17) is 16.6 Å². The second kappa shape index (κ2) is 13.3. The molecule has 8 nitrogen and oxygen atoms in total. The summed E-state index contributed by atoms with van der Waals surface area (Å²) in [6.45, 7) is 6.91. The predicted octanol–water partition coefficient (Wildman–Crippen LogP) is 5.69. The van der Waals surface area contributed by atoms with Crippen molar-refractivity contribution in [1.29, 1.82) is 0 Å². The zero-order valence-electron chi connectivity index (χ0n) is 23.9. The van der Waals surface area contributed by atoms with Crippen molar-refractivity contribution in [3.63, 3.8) is 0 Å². The number of hydrazine groups is 1. The zero-order valence-corrected chi connectivity index (χ0v) is 23.9. The minimum atomic E-state index is -0.0678. The number of aryl methyl sites for hydroxylation is 1. The molecule has 0 bridgehead atoms. The first kappa shape index (κ1) is 29.0. The number of amides is 1. The van der Waals surface area contributed by atoms with Gasteiger partial charge in [-0.1, -0.05) is 56.5 Å². The van der Waals surface area contributed by atoms with Gasteiger partial charge in [0.15, 0.2) is 5.84 Å². The largest absolute Gasteiger partial charge is 0.382 e. The van der Waals surface area contributed by atoms with Gasteiger partial charge in [0.25, 0.3) is 0 Å². The lowest BCUT2D eigenvalue weighted by atomic mass is 9.94. The van der Waals surface area contributed by atoms with Gasteiger partial charge in [0, 0.05) is 23.7 Å². The summed E-state index contributed by atoms with van der Waals surface area (Å²) < 4.78 is 0. The second-order valence-corrected chi connectivity index (χ2v) is 10.9. The van der Waals surface area contributed by atoms with Gasteiger partial charge in [0.2, 0.25) is 6.41 Å². The van der Waals surface area contributed by atoms with Crippen LogP contribution < -0.4 is 17.1 Å². The Labute approximate surface area is 237 Å². The molecule has 8 heteroatoms. The van der Waals surface area contributed by atoms with Crippen LogP contribution in [0.25, 0.3) is 22.4 Å². The van der Waals surface area contributed by atoms with Gasteiger partial charge in [0.05, 0.1) is 17.8 Å². The average molecular weight is 540 g/mol. The van der Waals surface area contributed by atoms with Gasteiger partial charge in [-0.15, -0.1) is 5.10 Å². The summed E-state index contributed by atoms with van der Waals surface area (Å²) in [5.74, 6) is 6.60. The van der Waals surface area contributed by atoms with Crippen LogP contribution in [0, 0.1) is 6.92 Å². The number of nitrogens with two attached hydrogens (primary N) is 2. The molecule has 1 heterocycles. The van der Waals surface area contributed by atoms with E-state index in [0.29, 0.717) is 6.54 Å². The minimum absolute atomic E-state index is 0.0678. The average Bonchev–Trinajstić information content (AvgIpc) is 3.40. The molecule has 0 unspecified atom stereocenters. The van der Waals surface area contributed by atoms with Crippen LogP contribution in [0.3, 0.4) is 0 Å². The molecule has 40 heavy (non-hydrogen) atoms. The van der Waals surface area contributed by atoms with Crippen LogP contribution in [0.4, 0.5) is 0 Å². The van der Waals surface area contributed by atoms with E-state index in [2.05, 4.69) is 65.9 Å². The quantitative estimate of drug-likeness (QED) is 0.0950. The number of hydrogen-bond acceptors (Lipinski definition) is 6. The molecule has 1 aliphatic carbocycles. The van der Waals surface area contributed by atoms with Crippen LogP contribution in [-0.2, 0) is 11.3 Å². The van der Waals surface area contributed by atoms with Crippen molar-refractivity contribution >= 4 is 18.1 Å². The second-order valence-electron chi connectivity index (χ2n) is 10.9. The number of carbonyl (C=O) groups excluding carboxylic acids is 1. The minimum Gasteiger partial charge on any atom is -0.382 e. The van der Waals surface area contributed by atoms with Crippen molar-refractivity contribution in [2.24, 2.45) is 21.7 Å². The molecular formula is C32H41N7O. The standard InChI is InChI=1S/C32H41N7O/c1-4-5-8-30(36-32(3)16-6-7-17-32)39(22-40)21-24-9-11-25(12-10-24)28-20-26(29-19-23(2)15-18-35-29)13-14-27(28)31(33)37-38-34/h9-15,18-20,22,38H,4-8,16-17,21,34H2,1-3H3,(H2,33,37). The summed E-state index contributed by atoms with van der Waals surface area (Å²) >= 11 is 0. The Morgan fingerprint density at radius 2 is 1.82 bits per heavy atom. The van der Waals surface area contributed by atoms with E-state index >= 15 is 0 Å². The Morgan fingerprint density at radius 3 is 2.48 bits per heavy atom. The first-order valence-electron chi connectivity index (χ1n) is 14.1. The topological polar surface area (TPSA) is 122 Å². The lowest BCUT2D eigenvalue weighted by molar-refractivity contribution is -0.115. The molecule has 0 spiro atoms. The number of aliphatic imine (C=N–C) groups is 1. The molecule has 1 saturated carbocycles. The van der Waals surface area contributed by atoms with Crippen LogP contribution in [0.15, 0.2) is 70.9 Å². The molecule has 1 aromatic heterocycles. The number of nitrogens with zero attached hydrogens (tertiary/aromatic N) is 4. The molecule has 0 atom stereocenters. The Balaban J connectivity index is 1.65. The molecule has 210 valence electrons. The molecule has 0 aliphatic heterocycles. The molecule has 1 fully saturated rings. The maximum atomic E-state index is 12.3. The van der Waals surface area contributed by atoms with Crippen molar-refractivity contribution in [1.82, 2.24) is 15.4 Å². The maximum Gasteiger partial charge on any atom is 0.215 e. The molecule has 0 saturated heterocycles. The van der Waals surface area contributed by atoms with Crippen LogP contribution in [0.2, 0.25) is 0 Å². The highest BCUT2D eigenvalue weighted by atomic mass is 16.1. The zero-order chi connectivity index (χ0) is 28.5. The van der Waals surface area contributed by atoms with Crippen molar-refractivity contribution in [2.45, 2.75) is 77.8 Å². The maximum absolute atomic E-state index is 12.3. The first-order valence-corrected chi connectivity index (χ1v) is 14.1. The van der Waals surface area contributed by atoms with Crippen LogP contribution in [-0.4, -0.2) is 33.5 Å². The highest BCUT2D eigenvalue weighted by Gasteiger charge is 2.29. The predicted molar refractivity (Wildman–Crippen MR) is 163 cm³/mol. The monoisotopic (exact) mass is 539 g/mol. The number of nitrogens with one attached hydrogen (secondary N) is 1. The number of benzene rings is 2. The molecule has 3 aromatic rings. The van der Waals surface area contributed by atoms with E-state index in [1.165, 1.54) is 12.8 Å². The van der Waals surface area contributed by atoms with Gasteiger partial charge in [0.1, 0.15) is 5.84 Å². The Kier molecular flexibility index (Phi) is 9.66. The molecular weight excluding hydrogens is 498 g/mol. The summed E-state index contributed by atoms with van der Waals surface area (Å²) in [6, 6.07) is 18.2. The fourth-order valence-electron chi connectivity index (χ4n) is 5.32. The van der Waals surface area contributed by atoms with Crippen LogP contribution in [0.1, 0.15) is 75.5 Å². The first-order chi connectivity index (χ1) is 19.4. The fraction of sp³-hybridized carbons (Fsp3) is 0.375. The highest BCUT2D eigenvalue weighted by molar-refractivity contribution is 6.04. The van der Waals surface area contributed by atoms with Crippen molar-refractivity contribution in [2.75, 3.05) is 0 Å². The van der Waals surface area contributed by atoms with E-state index in [1.807, 2.05) is 31.3 Å². The number of rotatable bonds is 11. The number of pyridine rings is 1. The molecule has 0 radical (unpaired) electrons. The highest BCUT2D eigenvalue weighted by Crippen LogP contribution is 2.34. The van der Waals surface area contributed by atoms with Gasteiger partial charge < -0.3 is 5.73 Å². The van der Waals surface area contributed by atoms with Crippen LogP contribution >= 0.6 is 0 Å². The summed E-state index contributed by atoms with van der Waals surface area (Å²) in [5, 5.41) is 4.00. The van der Waals surface area contributed by atoms with E-state index in [1.54, 1.807) is 4.90 Å². The van der Waals surface area contributed by atoms with Crippen LogP contribution in [0.5, 0.6) is 0 Å². The van der Waals surface area contributed by atoms with Gasteiger partial charge in [-0.2, -0.15) is 0 Å². The van der Waals surface area contributed by atoms with E-state index in [-0.39, 0.29) is 11.4 Å². The van der Waals surface area contributed by atoms with Gasteiger partial charge in [-0.25, -0.2) is 11.4 Å². The van der Waals surface area contributed by atoms with Crippen molar-refractivity contribution < 1.29 is 4.79 Å². The summed E-state index contributed by atoms with van der Waals surface area (Å²) in [6.07, 6.45) is 10.2. The number of hydrazone groups is 1. The Hall–Kier alpha value is -4.04. The van der Waals surface area contributed by atoms with Gasteiger partial charge >= 0.3 is 0 Å². The normalized spacial score (nSPS) is 15.2. The molecule has 1 amide bonds. The molecule has 1 aliphatic rings. The number of amidine groups is 2. The number of unbranched alkanes of at least 4 members (excludes halogenated alkanes) is 1. The van der Waals surface area contributed by atoms with E-state index < -0.39 is 0 Å². The Morgan fingerprint density at radius 1 is 1.10 bits per heavy atom. The number of hydrogen-bond donors (Lipinski definition) is 3. The molecule has 2 aromatic carbocycles. The van der Waals surface area contributed by atoms with Crippen molar-refractivity contribution in [3.8, 4) is 22.4 Å². The third-order valence-corrected chi connectivity index (χ3v) is 7.60. The third-order valence-electron chi connectivity index (χ3n) is 7.60. The molecule has 4 rings (SSSR count). The summed E-state index contributed by atoms with van der Waals surface area (Å²) in [4.78, 5) is 23.7.